The molecule has 1 N–H and O–H groups in total. The zero-order valence-corrected chi connectivity index (χ0v) is 12.3. The minimum Gasteiger partial charge on any atom is -0.465 e. The Hall–Kier alpha value is -2.14. The molecule has 0 saturated heterocycles. The Balaban J connectivity index is 2.18. The van der Waals surface area contributed by atoms with Crippen LogP contribution in [0, 0.1) is 13.8 Å². The van der Waals surface area contributed by atoms with Gasteiger partial charge in [-0.05, 0) is 43.2 Å². The molecule has 0 aliphatic heterocycles. The maximum absolute atomic E-state index is 12.1. The van der Waals surface area contributed by atoms with Gasteiger partial charge in [0.2, 0.25) is 0 Å². The van der Waals surface area contributed by atoms with Gasteiger partial charge in [-0.1, -0.05) is 12.1 Å². The highest BCUT2D eigenvalue weighted by Crippen LogP contribution is 2.22. The van der Waals surface area contributed by atoms with Crippen molar-refractivity contribution in [3.05, 3.63) is 51.2 Å². The topological polar surface area (TPSA) is 55.4 Å². The van der Waals surface area contributed by atoms with Crippen molar-refractivity contribution in [2.75, 3.05) is 12.4 Å². The van der Waals surface area contributed by atoms with Crippen LogP contribution in [0.1, 0.15) is 30.5 Å². The second kappa shape index (κ2) is 5.88. The third kappa shape index (κ3) is 2.88. The van der Waals surface area contributed by atoms with Gasteiger partial charge in [0.05, 0.1) is 12.0 Å². The number of thiophene rings is 1. The van der Waals surface area contributed by atoms with Crippen LogP contribution in [0.3, 0.4) is 0 Å². The van der Waals surface area contributed by atoms with Crippen LogP contribution in [-0.2, 0) is 4.74 Å². The van der Waals surface area contributed by atoms with Gasteiger partial charge in [0, 0.05) is 5.69 Å². The molecule has 0 fully saturated rings. The number of hydrogen-bond acceptors (Lipinski definition) is 4. The number of aryl methyl sites for hydroxylation is 1. The van der Waals surface area contributed by atoms with Crippen LogP contribution in [0.4, 0.5) is 5.69 Å². The molecule has 0 spiro atoms. The van der Waals surface area contributed by atoms with Gasteiger partial charge in [-0.2, -0.15) is 0 Å². The highest BCUT2D eigenvalue weighted by Gasteiger charge is 2.14. The number of esters is 1. The molecule has 1 heterocycles. The van der Waals surface area contributed by atoms with E-state index in [1.54, 1.807) is 12.1 Å². The van der Waals surface area contributed by atoms with Gasteiger partial charge in [-0.15, -0.1) is 11.3 Å². The molecule has 0 radical (unpaired) electrons. The number of ether oxygens (including phenoxy) is 1. The summed E-state index contributed by atoms with van der Waals surface area (Å²) in [6.07, 6.45) is 0. The fourth-order valence-corrected chi connectivity index (χ4v) is 2.56. The molecule has 1 aromatic carbocycles. The molecule has 0 aliphatic carbocycles. The SMILES string of the molecule is COC(=O)c1ccc(C(=O)Nc2cccc(C)c2C)s1. The van der Waals surface area contributed by atoms with E-state index in [-0.39, 0.29) is 5.91 Å². The Labute approximate surface area is 121 Å². The summed E-state index contributed by atoms with van der Waals surface area (Å²) in [5, 5.41) is 2.86. The van der Waals surface area contributed by atoms with Crippen molar-refractivity contribution in [3.63, 3.8) is 0 Å². The summed E-state index contributed by atoms with van der Waals surface area (Å²) in [5.41, 5.74) is 2.93. The van der Waals surface area contributed by atoms with Crippen LogP contribution >= 0.6 is 11.3 Å². The molecule has 20 heavy (non-hydrogen) atoms. The molecule has 2 rings (SSSR count). The van der Waals surface area contributed by atoms with Gasteiger partial charge in [0.25, 0.3) is 5.91 Å². The first-order valence-corrected chi connectivity index (χ1v) is 6.90. The number of carbonyl (C=O) groups excluding carboxylic acids is 2. The summed E-state index contributed by atoms with van der Waals surface area (Å²) in [7, 11) is 1.32. The molecule has 5 heteroatoms. The molecular weight excluding hydrogens is 274 g/mol. The lowest BCUT2D eigenvalue weighted by Gasteiger charge is -2.09. The van der Waals surface area contributed by atoms with Crippen molar-refractivity contribution in [2.45, 2.75) is 13.8 Å². The molecule has 0 aliphatic rings. The van der Waals surface area contributed by atoms with Gasteiger partial charge >= 0.3 is 5.97 Å². The maximum Gasteiger partial charge on any atom is 0.348 e. The maximum atomic E-state index is 12.1. The van der Waals surface area contributed by atoms with Gasteiger partial charge in [-0.25, -0.2) is 4.79 Å². The van der Waals surface area contributed by atoms with Crippen molar-refractivity contribution >= 4 is 28.9 Å². The first-order valence-electron chi connectivity index (χ1n) is 6.08. The number of methoxy groups -OCH3 is 1. The van der Waals surface area contributed by atoms with Crippen LogP contribution in [-0.4, -0.2) is 19.0 Å². The molecule has 1 amide bonds. The summed E-state index contributed by atoms with van der Waals surface area (Å²) in [5.74, 6) is -0.653. The first-order chi connectivity index (χ1) is 9.52. The van der Waals surface area contributed by atoms with Gasteiger partial charge in [-0.3, -0.25) is 4.79 Å². The normalized spacial score (nSPS) is 10.2. The number of anilines is 1. The number of amides is 1. The summed E-state index contributed by atoms with van der Waals surface area (Å²) in [6, 6.07) is 8.96. The number of benzene rings is 1. The lowest BCUT2D eigenvalue weighted by Crippen LogP contribution is -2.11. The van der Waals surface area contributed by atoms with E-state index in [0.29, 0.717) is 9.75 Å². The molecule has 2 aromatic rings. The quantitative estimate of drug-likeness (QED) is 0.881. The average molecular weight is 289 g/mol. The third-order valence-electron chi connectivity index (χ3n) is 3.07. The van der Waals surface area contributed by atoms with Gasteiger partial charge in [0.15, 0.2) is 0 Å². The van der Waals surface area contributed by atoms with E-state index < -0.39 is 5.97 Å². The number of nitrogens with one attached hydrogen (secondary N) is 1. The predicted octanol–water partition coefficient (Wildman–Crippen LogP) is 3.40. The molecule has 0 bridgehead atoms. The first kappa shape index (κ1) is 14.3. The smallest absolute Gasteiger partial charge is 0.348 e. The van der Waals surface area contributed by atoms with Crippen LogP contribution in [0.15, 0.2) is 30.3 Å². The van der Waals surface area contributed by atoms with Crippen LogP contribution in [0.25, 0.3) is 0 Å². The van der Waals surface area contributed by atoms with E-state index >= 15 is 0 Å². The number of carbonyl (C=O) groups is 2. The monoisotopic (exact) mass is 289 g/mol. The number of hydrogen-bond donors (Lipinski definition) is 1. The molecule has 104 valence electrons. The lowest BCUT2D eigenvalue weighted by molar-refractivity contribution is 0.0606. The Bertz CT molecular complexity index is 661. The Morgan fingerprint density at radius 1 is 1.10 bits per heavy atom. The summed E-state index contributed by atoms with van der Waals surface area (Å²) in [4.78, 5) is 24.4. The highest BCUT2D eigenvalue weighted by atomic mass is 32.1. The van der Waals surface area contributed by atoms with Crippen molar-refractivity contribution in [1.29, 1.82) is 0 Å². The minimum absolute atomic E-state index is 0.223. The molecule has 1 aromatic heterocycles. The summed E-state index contributed by atoms with van der Waals surface area (Å²) in [6.45, 7) is 3.95. The van der Waals surface area contributed by atoms with Gasteiger partial charge in [0.1, 0.15) is 4.88 Å². The van der Waals surface area contributed by atoms with E-state index in [0.717, 1.165) is 28.2 Å². The molecular formula is C15H15NO3S. The van der Waals surface area contributed by atoms with Crippen molar-refractivity contribution in [1.82, 2.24) is 0 Å². The standard InChI is InChI=1S/C15H15NO3S/c1-9-5-4-6-11(10(9)2)16-14(17)12-7-8-13(20-12)15(18)19-3/h4-8H,1-3H3,(H,16,17). The van der Waals surface area contributed by atoms with Crippen molar-refractivity contribution in [3.8, 4) is 0 Å². The van der Waals surface area contributed by atoms with E-state index in [4.69, 9.17) is 0 Å². The van der Waals surface area contributed by atoms with E-state index in [9.17, 15) is 9.59 Å². The third-order valence-corrected chi connectivity index (χ3v) is 4.13. The zero-order chi connectivity index (χ0) is 14.7. The summed E-state index contributed by atoms with van der Waals surface area (Å²) < 4.78 is 4.62. The van der Waals surface area contributed by atoms with Crippen LogP contribution < -0.4 is 5.32 Å². The highest BCUT2D eigenvalue weighted by molar-refractivity contribution is 7.16. The van der Waals surface area contributed by atoms with E-state index in [1.807, 2.05) is 32.0 Å². The Kier molecular flexibility index (Phi) is 4.20. The molecule has 0 atom stereocenters. The predicted molar refractivity (Wildman–Crippen MR) is 79.5 cm³/mol. The van der Waals surface area contributed by atoms with E-state index in [2.05, 4.69) is 10.1 Å². The molecule has 4 nitrogen and oxygen atoms in total. The summed E-state index contributed by atoms with van der Waals surface area (Å²) >= 11 is 1.12. The fraction of sp³-hybridized carbons (Fsp3) is 0.200. The Morgan fingerprint density at radius 2 is 1.80 bits per heavy atom. The van der Waals surface area contributed by atoms with E-state index in [1.165, 1.54) is 7.11 Å². The molecule has 0 saturated carbocycles. The average Bonchev–Trinajstić information content (AvgIpc) is 2.93. The second-order valence-corrected chi connectivity index (χ2v) is 5.44. The Morgan fingerprint density at radius 3 is 2.50 bits per heavy atom. The fourth-order valence-electron chi connectivity index (χ4n) is 1.74. The van der Waals surface area contributed by atoms with Gasteiger partial charge < -0.3 is 10.1 Å². The van der Waals surface area contributed by atoms with Crippen LogP contribution in [0.5, 0.6) is 0 Å². The van der Waals surface area contributed by atoms with Crippen LogP contribution in [0.2, 0.25) is 0 Å². The molecule has 0 unspecified atom stereocenters. The largest absolute Gasteiger partial charge is 0.465 e. The number of rotatable bonds is 3. The second-order valence-electron chi connectivity index (χ2n) is 4.36. The minimum atomic E-state index is -0.430. The van der Waals surface area contributed by atoms with Crippen molar-refractivity contribution in [2.24, 2.45) is 0 Å². The van der Waals surface area contributed by atoms with Crippen molar-refractivity contribution < 1.29 is 14.3 Å². The zero-order valence-electron chi connectivity index (χ0n) is 11.5. The lowest BCUT2D eigenvalue weighted by atomic mass is 10.1.